The largest absolute Gasteiger partial charge is 0.462 e. The van der Waals surface area contributed by atoms with Gasteiger partial charge in [-0.15, -0.1) is 11.3 Å². The Hall–Kier alpha value is -3.31. The van der Waals surface area contributed by atoms with Gasteiger partial charge in [0.15, 0.2) is 6.61 Å². The Labute approximate surface area is 199 Å². The van der Waals surface area contributed by atoms with Crippen molar-refractivity contribution in [1.29, 1.82) is 0 Å². The molecule has 0 saturated carbocycles. The van der Waals surface area contributed by atoms with Crippen LogP contribution in [0, 0.1) is 12.7 Å². The van der Waals surface area contributed by atoms with Crippen molar-refractivity contribution in [3.05, 3.63) is 51.7 Å². The summed E-state index contributed by atoms with van der Waals surface area (Å²) >= 11 is 0.831. The van der Waals surface area contributed by atoms with E-state index in [1.165, 1.54) is 25.1 Å². The summed E-state index contributed by atoms with van der Waals surface area (Å²) in [5, 5.41) is 2.56. The first-order valence-electron chi connectivity index (χ1n) is 10.6. The third-order valence-electron chi connectivity index (χ3n) is 5.55. The topological polar surface area (TPSA) is 134 Å². The van der Waals surface area contributed by atoms with Gasteiger partial charge in [-0.1, -0.05) is 12.1 Å². The van der Waals surface area contributed by atoms with Crippen LogP contribution in [0.2, 0.25) is 0 Å². The molecule has 0 aliphatic carbocycles. The van der Waals surface area contributed by atoms with Gasteiger partial charge in [-0.2, -0.15) is 0 Å². The van der Waals surface area contributed by atoms with Crippen LogP contribution in [-0.4, -0.2) is 50.2 Å². The summed E-state index contributed by atoms with van der Waals surface area (Å²) in [7, 11) is 0. The molecular weight excluding hydrogens is 467 g/mol. The third-order valence-corrected chi connectivity index (χ3v) is 6.77. The number of ether oxygens (including phenoxy) is 3. The molecule has 1 aliphatic heterocycles. The highest BCUT2D eigenvalue weighted by molar-refractivity contribution is 7.18. The minimum absolute atomic E-state index is 0.0148. The number of hydrogen-bond donors (Lipinski definition) is 2. The van der Waals surface area contributed by atoms with Crippen molar-refractivity contribution < 1.29 is 37.8 Å². The summed E-state index contributed by atoms with van der Waals surface area (Å²) < 4.78 is 29.5. The molecule has 182 valence electrons. The lowest BCUT2D eigenvalue weighted by Crippen LogP contribution is -2.43. The molecular formula is C23H25FN2O7S. The number of esters is 2. The first kappa shape index (κ1) is 25.3. The van der Waals surface area contributed by atoms with Crippen LogP contribution in [0.15, 0.2) is 24.3 Å². The van der Waals surface area contributed by atoms with E-state index in [1.807, 2.05) is 0 Å². The summed E-state index contributed by atoms with van der Waals surface area (Å²) in [5.74, 6) is -3.36. The SMILES string of the molecule is CCOC(=O)c1c(NC(=O)COC(=O)C2(c3cccc(F)c3)CCOCC2)sc(C(N)=O)c1C. The van der Waals surface area contributed by atoms with Gasteiger partial charge in [0.05, 0.1) is 22.5 Å². The Kier molecular flexibility index (Phi) is 8.00. The van der Waals surface area contributed by atoms with Gasteiger partial charge in [-0.3, -0.25) is 14.4 Å². The second-order valence-electron chi connectivity index (χ2n) is 7.67. The Morgan fingerprint density at radius 1 is 1.21 bits per heavy atom. The maximum Gasteiger partial charge on any atom is 0.341 e. The number of nitrogens with two attached hydrogens (primary N) is 1. The van der Waals surface area contributed by atoms with Crippen molar-refractivity contribution >= 4 is 40.1 Å². The van der Waals surface area contributed by atoms with E-state index in [2.05, 4.69) is 5.32 Å². The number of carbonyl (C=O) groups excluding carboxylic acids is 4. The van der Waals surface area contributed by atoms with Crippen molar-refractivity contribution in [2.75, 3.05) is 31.7 Å². The molecule has 1 aliphatic rings. The molecule has 0 atom stereocenters. The zero-order chi connectivity index (χ0) is 24.9. The lowest BCUT2D eigenvalue weighted by atomic mass is 9.74. The maximum atomic E-state index is 13.8. The number of hydrogen-bond acceptors (Lipinski definition) is 8. The predicted molar refractivity (Wildman–Crippen MR) is 121 cm³/mol. The highest BCUT2D eigenvalue weighted by Crippen LogP contribution is 2.37. The number of halogens is 1. The number of rotatable bonds is 8. The fourth-order valence-electron chi connectivity index (χ4n) is 3.83. The van der Waals surface area contributed by atoms with Crippen LogP contribution in [0.3, 0.4) is 0 Å². The summed E-state index contributed by atoms with van der Waals surface area (Å²) in [6.07, 6.45) is 0.548. The van der Waals surface area contributed by atoms with Gasteiger partial charge < -0.3 is 25.3 Å². The zero-order valence-electron chi connectivity index (χ0n) is 18.8. The summed E-state index contributed by atoms with van der Waals surface area (Å²) in [5.41, 5.74) is 4.97. The van der Waals surface area contributed by atoms with Crippen LogP contribution >= 0.6 is 11.3 Å². The Morgan fingerprint density at radius 3 is 2.53 bits per heavy atom. The van der Waals surface area contributed by atoms with Gasteiger partial charge in [0.25, 0.3) is 11.8 Å². The average Bonchev–Trinajstić information content (AvgIpc) is 3.14. The molecule has 0 unspecified atom stereocenters. The Bertz CT molecular complexity index is 1110. The molecule has 1 saturated heterocycles. The normalized spacial score (nSPS) is 14.8. The van der Waals surface area contributed by atoms with Crippen molar-refractivity contribution in [2.24, 2.45) is 5.73 Å². The molecule has 0 bridgehead atoms. The van der Waals surface area contributed by atoms with E-state index in [4.69, 9.17) is 19.9 Å². The van der Waals surface area contributed by atoms with Gasteiger partial charge >= 0.3 is 11.9 Å². The number of carbonyl (C=O) groups is 4. The van der Waals surface area contributed by atoms with Crippen molar-refractivity contribution in [2.45, 2.75) is 32.1 Å². The van der Waals surface area contributed by atoms with Crippen molar-refractivity contribution in [3.8, 4) is 0 Å². The summed E-state index contributed by atoms with van der Waals surface area (Å²) in [6.45, 7) is 3.15. The minimum atomic E-state index is -1.14. The number of nitrogens with one attached hydrogen (secondary N) is 1. The quantitative estimate of drug-likeness (QED) is 0.541. The minimum Gasteiger partial charge on any atom is -0.462 e. The zero-order valence-corrected chi connectivity index (χ0v) is 19.6. The van der Waals surface area contributed by atoms with E-state index in [0.29, 0.717) is 5.56 Å². The molecule has 2 aromatic rings. The molecule has 9 nitrogen and oxygen atoms in total. The molecule has 11 heteroatoms. The maximum absolute atomic E-state index is 13.8. The molecule has 1 fully saturated rings. The van der Waals surface area contributed by atoms with E-state index in [1.54, 1.807) is 13.0 Å². The number of thiophene rings is 1. The van der Waals surface area contributed by atoms with Gasteiger partial charge in [-0.05, 0) is 49.9 Å². The van der Waals surface area contributed by atoms with Crippen molar-refractivity contribution in [3.63, 3.8) is 0 Å². The molecule has 34 heavy (non-hydrogen) atoms. The molecule has 2 amide bonds. The van der Waals surface area contributed by atoms with Crippen LogP contribution in [0.25, 0.3) is 0 Å². The summed E-state index contributed by atoms with van der Waals surface area (Å²) in [4.78, 5) is 49.8. The van der Waals surface area contributed by atoms with Crippen LogP contribution < -0.4 is 11.1 Å². The van der Waals surface area contributed by atoms with Crippen LogP contribution in [-0.2, 0) is 29.2 Å². The highest BCUT2D eigenvalue weighted by Gasteiger charge is 2.43. The lowest BCUT2D eigenvalue weighted by Gasteiger charge is -2.35. The number of primary amides is 1. The van der Waals surface area contributed by atoms with Gasteiger partial charge in [-0.25, -0.2) is 9.18 Å². The fraction of sp³-hybridized carbons (Fsp3) is 0.391. The fourth-order valence-corrected chi connectivity index (χ4v) is 4.90. The molecule has 3 rings (SSSR count). The number of amides is 2. The monoisotopic (exact) mass is 492 g/mol. The summed E-state index contributed by atoms with van der Waals surface area (Å²) in [6, 6.07) is 5.70. The standard InChI is InChI=1S/C23H25FN2O7S/c1-3-32-21(29)17-13(2)18(19(25)28)34-20(17)26-16(27)12-33-22(30)23(7-9-31-10-8-23)14-5-4-6-15(24)11-14/h4-6,11H,3,7-10,12H2,1-2H3,(H2,25,28)(H,26,27). The van der Waals surface area contributed by atoms with E-state index in [0.717, 1.165) is 11.3 Å². The van der Waals surface area contributed by atoms with Crippen LogP contribution in [0.4, 0.5) is 9.39 Å². The van der Waals surface area contributed by atoms with E-state index in [-0.39, 0.29) is 53.7 Å². The Morgan fingerprint density at radius 2 is 1.91 bits per heavy atom. The van der Waals surface area contributed by atoms with Crippen molar-refractivity contribution in [1.82, 2.24) is 0 Å². The highest BCUT2D eigenvalue weighted by atomic mass is 32.1. The molecule has 3 N–H and O–H groups in total. The first-order valence-corrected chi connectivity index (χ1v) is 11.4. The molecule has 0 radical (unpaired) electrons. The van der Waals surface area contributed by atoms with Gasteiger partial charge in [0, 0.05) is 13.2 Å². The van der Waals surface area contributed by atoms with E-state index in [9.17, 15) is 23.6 Å². The smallest absolute Gasteiger partial charge is 0.341 e. The Balaban J connectivity index is 1.76. The number of benzene rings is 1. The van der Waals surface area contributed by atoms with E-state index < -0.39 is 41.6 Å². The predicted octanol–water partition coefficient (Wildman–Crippen LogP) is 2.70. The van der Waals surface area contributed by atoms with E-state index >= 15 is 0 Å². The lowest BCUT2D eigenvalue weighted by molar-refractivity contribution is -0.157. The van der Waals surface area contributed by atoms with Gasteiger partial charge in [0.2, 0.25) is 0 Å². The van der Waals surface area contributed by atoms with Gasteiger partial charge in [0.1, 0.15) is 10.8 Å². The molecule has 2 heterocycles. The molecule has 0 spiro atoms. The second-order valence-corrected chi connectivity index (χ2v) is 8.69. The first-order chi connectivity index (χ1) is 16.2. The van der Waals surface area contributed by atoms with Crippen LogP contribution in [0.5, 0.6) is 0 Å². The van der Waals surface area contributed by atoms with Crippen LogP contribution in [0.1, 0.15) is 50.9 Å². The average molecular weight is 493 g/mol. The third kappa shape index (κ3) is 5.26. The molecule has 1 aromatic carbocycles. The number of anilines is 1. The molecule has 1 aromatic heterocycles. The second kappa shape index (κ2) is 10.7.